The van der Waals surface area contributed by atoms with E-state index in [9.17, 15) is 18.7 Å². The Balaban J connectivity index is 1.88. The van der Waals surface area contributed by atoms with Gasteiger partial charge in [-0.1, -0.05) is 12.1 Å². The first-order chi connectivity index (χ1) is 12.1. The Bertz CT molecular complexity index is 1120. The molecule has 0 saturated carbocycles. The summed E-state index contributed by atoms with van der Waals surface area (Å²) in [5.41, 5.74) is 0.679. The standard InChI is InChI=1S/C18H11F2N3O2/c19-10-4-3-5-11(20)16(10)22-18(25)15-13(24)8-7-12-17(15)21-14-6-1-2-9-23(12)14/h1-9,24H,(H,22,25). The number of amides is 1. The van der Waals surface area contributed by atoms with Crippen LogP contribution < -0.4 is 5.32 Å². The van der Waals surface area contributed by atoms with Crippen LogP contribution in [0.25, 0.3) is 16.7 Å². The summed E-state index contributed by atoms with van der Waals surface area (Å²) in [6, 6.07) is 11.6. The summed E-state index contributed by atoms with van der Waals surface area (Å²) in [4.78, 5) is 16.9. The van der Waals surface area contributed by atoms with E-state index in [-0.39, 0.29) is 16.8 Å². The van der Waals surface area contributed by atoms with Gasteiger partial charge in [-0.2, -0.15) is 0 Å². The van der Waals surface area contributed by atoms with Gasteiger partial charge in [0.2, 0.25) is 0 Å². The number of anilines is 1. The number of pyridine rings is 1. The van der Waals surface area contributed by atoms with Crippen LogP contribution in [0.15, 0.2) is 54.7 Å². The lowest BCUT2D eigenvalue weighted by molar-refractivity contribution is 0.102. The molecule has 0 spiro atoms. The number of carbonyl (C=O) groups is 1. The average Bonchev–Trinajstić information content (AvgIpc) is 2.96. The number of aromatic hydroxyl groups is 1. The molecule has 7 heteroatoms. The molecule has 0 aliphatic carbocycles. The number of hydrogen-bond donors (Lipinski definition) is 2. The number of benzene rings is 2. The first kappa shape index (κ1) is 15.1. The number of aromatic nitrogens is 2. The lowest BCUT2D eigenvalue weighted by atomic mass is 10.1. The number of phenols is 1. The third kappa shape index (κ3) is 2.37. The maximum absolute atomic E-state index is 13.8. The molecule has 0 fully saturated rings. The summed E-state index contributed by atoms with van der Waals surface area (Å²) in [6.07, 6.45) is 1.76. The molecular weight excluding hydrogens is 328 g/mol. The van der Waals surface area contributed by atoms with Crippen molar-refractivity contribution in [2.24, 2.45) is 0 Å². The minimum absolute atomic E-state index is 0.149. The number of imidazole rings is 1. The molecule has 25 heavy (non-hydrogen) atoms. The van der Waals surface area contributed by atoms with Gasteiger partial charge >= 0.3 is 0 Å². The second-order valence-corrected chi connectivity index (χ2v) is 5.42. The molecule has 0 aliphatic rings. The summed E-state index contributed by atoms with van der Waals surface area (Å²) < 4.78 is 29.3. The third-order valence-corrected chi connectivity index (χ3v) is 3.89. The largest absolute Gasteiger partial charge is 0.507 e. The molecule has 2 aromatic heterocycles. The highest BCUT2D eigenvalue weighted by Gasteiger charge is 2.21. The quantitative estimate of drug-likeness (QED) is 0.585. The SMILES string of the molecule is O=C(Nc1c(F)cccc1F)c1c(O)ccc2c1nc1ccccn12. The van der Waals surface area contributed by atoms with Gasteiger partial charge < -0.3 is 10.4 Å². The molecule has 0 bridgehead atoms. The molecule has 0 unspecified atom stereocenters. The van der Waals surface area contributed by atoms with Crippen molar-refractivity contribution in [3.63, 3.8) is 0 Å². The highest BCUT2D eigenvalue weighted by molar-refractivity contribution is 6.14. The highest BCUT2D eigenvalue weighted by Crippen LogP contribution is 2.29. The number of rotatable bonds is 2. The first-order valence-electron chi connectivity index (χ1n) is 7.40. The van der Waals surface area contributed by atoms with Gasteiger partial charge in [0.05, 0.1) is 5.52 Å². The summed E-state index contributed by atoms with van der Waals surface area (Å²) in [5.74, 6) is -2.99. The Hall–Kier alpha value is -3.48. The van der Waals surface area contributed by atoms with Crippen molar-refractivity contribution in [2.75, 3.05) is 5.32 Å². The molecule has 0 atom stereocenters. The molecule has 2 N–H and O–H groups in total. The van der Waals surface area contributed by atoms with Gasteiger partial charge in [0.15, 0.2) is 0 Å². The molecule has 4 rings (SSSR count). The average molecular weight is 339 g/mol. The zero-order valence-corrected chi connectivity index (χ0v) is 12.7. The van der Waals surface area contributed by atoms with Crippen molar-refractivity contribution in [1.82, 2.24) is 9.38 Å². The normalized spacial score (nSPS) is 11.1. The van der Waals surface area contributed by atoms with Gasteiger partial charge in [-0.25, -0.2) is 13.8 Å². The number of nitrogens with one attached hydrogen (secondary N) is 1. The van der Waals surface area contributed by atoms with Crippen LogP contribution in [0, 0.1) is 11.6 Å². The molecule has 1 amide bonds. The molecule has 2 heterocycles. The monoisotopic (exact) mass is 339 g/mol. The first-order valence-corrected chi connectivity index (χ1v) is 7.40. The van der Waals surface area contributed by atoms with E-state index in [1.165, 1.54) is 12.1 Å². The Morgan fingerprint density at radius 3 is 2.56 bits per heavy atom. The van der Waals surface area contributed by atoms with Crippen LogP contribution in [0.3, 0.4) is 0 Å². The van der Waals surface area contributed by atoms with Crippen LogP contribution in [-0.2, 0) is 0 Å². The lowest BCUT2D eigenvalue weighted by Crippen LogP contribution is -2.15. The zero-order chi connectivity index (χ0) is 17.6. The number of halogens is 2. The van der Waals surface area contributed by atoms with E-state index in [1.807, 2.05) is 0 Å². The molecule has 0 aliphatic heterocycles. The van der Waals surface area contributed by atoms with Gasteiger partial charge in [0, 0.05) is 6.20 Å². The summed E-state index contributed by atoms with van der Waals surface area (Å²) in [5, 5.41) is 12.3. The van der Waals surface area contributed by atoms with Crippen molar-refractivity contribution < 1.29 is 18.7 Å². The fourth-order valence-electron chi connectivity index (χ4n) is 2.74. The second-order valence-electron chi connectivity index (χ2n) is 5.42. The van der Waals surface area contributed by atoms with Crippen molar-refractivity contribution in [2.45, 2.75) is 0 Å². The molecule has 0 saturated heterocycles. The lowest BCUT2D eigenvalue weighted by Gasteiger charge is -2.09. The molecule has 2 aromatic carbocycles. The number of carbonyl (C=O) groups excluding carboxylic acids is 1. The van der Waals surface area contributed by atoms with E-state index in [0.717, 1.165) is 12.1 Å². The van der Waals surface area contributed by atoms with Crippen LogP contribution in [0.5, 0.6) is 5.75 Å². The van der Waals surface area contributed by atoms with E-state index in [0.29, 0.717) is 11.2 Å². The van der Waals surface area contributed by atoms with Crippen molar-refractivity contribution >= 4 is 28.3 Å². The Morgan fingerprint density at radius 2 is 1.80 bits per heavy atom. The maximum Gasteiger partial charge on any atom is 0.261 e. The highest BCUT2D eigenvalue weighted by atomic mass is 19.1. The summed E-state index contributed by atoms with van der Waals surface area (Å²) in [6.45, 7) is 0. The van der Waals surface area contributed by atoms with Crippen LogP contribution in [0.2, 0.25) is 0 Å². The van der Waals surface area contributed by atoms with E-state index in [1.54, 1.807) is 34.9 Å². The van der Waals surface area contributed by atoms with Crippen LogP contribution >= 0.6 is 0 Å². The number of nitrogens with zero attached hydrogens (tertiary/aromatic N) is 2. The van der Waals surface area contributed by atoms with Crippen LogP contribution in [-0.4, -0.2) is 20.4 Å². The van der Waals surface area contributed by atoms with Crippen LogP contribution in [0.1, 0.15) is 10.4 Å². The Labute approximate surface area is 140 Å². The van der Waals surface area contributed by atoms with Crippen LogP contribution in [0.4, 0.5) is 14.5 Å². The smallest absolute Gasteiger partial charge is 0.261 e. The number of fused-ring (bicyclic) bond motifs is 3. The fourth-order valence-corrected chi connectivity index (χ4v) is 2.74. The van der Waals surface area contributed by atoms with E-state index < -0.39 is 23.2 Å². The van der Waals surface area contributed by atoms with E-state index >= 15 is 0 Å². The minimum Gasteiger partial charge on any atom is -0.507 e. The predicted molar refractivity (Wildman–Crippen MR) is 88.7 cm³/mol. The van der Waals surface area contributed by atoms with Gasteiger partial charge in [-0.15, -0.1) is 0 Å². The summed E-state index contributed by atoms with van der Waals surface area (Å²) in [7, 11) is 0. The number of phenolic OH excluding ortho intramolecular Hbond substituents is 1. The molecular formula is C18H11F2N3O2. The van der Waals surface area contributed by atoms with E-state index in [2.05, 4.69) is 10.3 Å². The predicted octanol–water partition coefficient (Wildman–Crippen LogP) is 3.72. The molecule has 0 radical (unpaired) electrons. The second kappa shape index (κ2) is 5.55. The van der Waals surface area contributed by atoms with Crippen molar-refractivity contribution in [3.8, 4) is 5.75 Å². The van der Waals surface area contributed by atoms with Gasteiger partial charge in [-0.05, 0) is 36.4 Å². The molecule has 5 nitrogen and oxygen atoms in total. The van der Waals surface area contributed by atoms with Crippen molar-refractivity contribution in [1.29, 1.82) is 0 Å². The van der Waals surface area contributed by atoms with Gasteiger partial charge in [0.1, 0.15) is 39.8 Å². The topological polar surface area (TPSA) is 66.6 Å². The third-order valence-electron chi connectivity index (χ3n) is 3.89. The Morgan fingerprint density at radius 1 is 1.04 bits per heavy atom. The van der Waals surface area contributed by atoms with Gasteiger partial charge in [0.25, 0.3) is 5.91 Å². The molecule has 124 valence electrons. The number of para-hydroxylation sites is 1. The number of hydrogen-bond acceptors (Lipinski definition) is 3. The van der Waals surface area contributed by atoms with Crippen molar-refractivity contribution in [3.05, 3.63) is 71.9 Å². The summed E-state index contributed by atoms with van der Waals surface area (Å²) >= 11 is 0. The zero-order valence-electron chi connectivity index (χ0n) is 12.7. The maximum atomic E-state index is 13.8. The van der Waals surface area contributed by atoms with E-state index in [4.69, 9.17) is 0 Å². The van der Waals surface area contributed by atoms with Gasteiger partial charge in [-0.3, -0.25) is 9.20 Å². The minimum atomic E-state index is -0.907. The molecule has 4 aromatic rings. The Kier molecular flexibility index (Phi) is 3.35. The fraction of sp³-hybridized carbons (Fsp3) is 0.